The van der Waals surface area contributed by atoms with Gasteiger partial charge in [-0.1, -0.05) is 26.2 Å². The van der Waals surface area contributed by atoms with Crippen molar-refractivity contribution < 1.29 is 9.53 Å². The van der Waals surface area contributed by atoms with E-state index in [-0.39, 0.29) is 5.91 Å². The molecule has 0 spiro atoms. The molecule has 0 bridgehead atoms. The molecule has 0 saturated carbocycles. The maximum absolute atomic E-state index is 11.6. The average molecular weight is 229 g/mol. The minimum absolute atomic E-state index is 0.207. The summed E-state index contributed by atoms with van der Waals surface area (Å²) in [6, 6.07) is 0. The molecule has 0 unspecified atom stereocenters. The number of hydrogen-bond acceptors (Lipinski definition) is 2. The van der Waals surface area contributed by atoms with Gasteiger partial charge < -0.3 is 9.64 Å². The van der Waals surface area contributed by atoms with Gasteiger partial charge in [-0.25, -0.2) is 0 Å². The van der Waals surface area contributed by atoms with E-state index in [4.69, 9.17) is 4.74 Å². The predicted octanol–water partition coefficient (Wildman–Crippen LogP) is 2.84. The van der Waals surface area contributed by atoms with E-state index >= 15 is 0 Å². The zero-order chi connectivity index (χ0) is 12.2. The van der Waals surface area contributed by atoms with E-state index in [9.17, 15) is 4.79 Å². The number of ether oxygens (including phenoxy) is 1. The van der Waals surface area contributed by atoms with E-state index in [1.165, 1.54) is 19.3 Å². The maximum atomic E-state index is 11.6. The smallest absolute Gasteiger partial charge is 0.224 e. The molecule has 0 aliphatic carbocycles. The summed E-state index contributed by atoms with van der Waals surface area (Å²) in [6.07, 6.45) is 5.41. The third kappa shape index (κ3) is 7.69. The van der Waals surface area contributed by atoms with Crippen molar-refractivity contribution in [1.29, 1.82) is 0 Å². The fourth-order valence-electron chi connectivity index (χ4n) is 1.63. The molecule has 0 saturated heterocycles. The minimum Gasteiger partial charge on any atom is -0.381 e. The van der Waals surface area contributed by atoms with Crippen LogP contribution in [0.1, 0.15) is 52.9 Å². The summed E-state index contributed by atoms with van der Waals surface area (Å²) in [6.45, 7) is 9.17. The highest BCUT2D eigenvalue weighted by atomic mass is 16.5. The fourth-order valence-corrected chi connectivity index (χ4v) is 1.63. The van der Waals surface area contributed by atoms with E-state index in [1.54, 1.807) is 0 Å². The fraction of sp³-hybridized carbons (Fsp3) is 0.923. The first-order valence-electron chi connectivity index (χ1n) is 6.61. The zero-order valence-corrected chi connectivity index (χ0v) is 11.1. The highest BCUT2D eigenvalue weighted by Gasteiger charge is 2.08. The molecular weight excluding hydrogens is 202 g/mol. The highest BCUT2D eigenvalue weighted by molar-refractivity contribution is 5.76. The molecular formula is C13H27NO2. The molecule has 3 nitrogen and oxygen atoms in total. The predicted molar refractivity (Wildman–Crippen MR) is 67.5 cm³/mol. The van der Waals surface area contributed by atoms with Gasteiger partial charge in [0.15, 0.2) is 0 Å². The second-order valence-electron chi connectivity index (χ2n) is 3.99. The zero-order valence-electron chi connectivity index (χ0n) is 11.1. The molecule has 0 aliphatic heterocycles. The van der Waals surface area contributed by atoms with Gasteiger partial charge in [-0.05, 0) is 20.3 Å². The first kappa shape index (κ1) is 15.4. The van der Waals surface area contributed by atoms with Crippen molar-refractivity contribution in [2.24, 2.45) is 0 Å². The van der Waals surface area contributed by atoms with Crippen LogP contribution in [0.4, 0.5) is 0 Å². The number of rotatable bonds is 10. The van der Waals surface area contributed by atoms with Crippen molar-refractivity contribution in [3.63, 3.8) is 0 Å². The van der Waals surface area contributed by atoms with Crippen molar-refractivity contribution in [1.82, 2.24) is 4.90 Å². The van der Waals surface area contributed by atoms with Gasteiger partial charge in [-0.2, -0.15) is 0 Å². The number of carbonyl (C=O) groups is 1. The summed E-state index contributed by atoms with van der Waals surface area (Å²) >= 11 is 0. The second kappa shape index (κ2) is 10.9. The lowest BCUT2D eigenvalue weighted by molar-refractivity contribution is -0.131. The Labute approximate surface area is 100 Å². The Bertz CT molecular complexity index is 167. The molecule has 96 valence electrons. The van der Waals surface area contributed by atoms with Gasteiger partial charge in [0.1, 0.15) is 0 Å². The van der Waals surface area contributed by atoms with Gasteiger partial charge >= 0.3 is 0 Å². The molecule has 3 heteroatoms. The van der Waals surface area contributed by atoms with Crippen molar-refractivity contribution in [3.8, 4) is 0 Å². The first-order chi connectivity index (χ1) is 7.76. The van der Waals surface area contributed by atoms with Crippen molar-refractivity contribution in [3.05, 3.63) is 0 Å². The van der Waals surface area contributed by atoms with Crippen LogP contribution in [-0.4, -0.2) is 37.1 Å². The molecule has 0 N–H and O–H groups in total. The molecule has 0 fully saturated rings. The van der Waals surface area contributed by atoms with Crippen LogP contribution in [0, 0.1) is 0 Å². The molecule has 0 aromatic heterocycles. The third-order valence-electron chi connectivity index (χ3n) is 2.72. The van der Waals surface area contributed by atoms with Gasteiger partial charge in [0.25, 0.3) is 0 Å². The second-order valence-corrected chi connectivity index (χ2v) is 3.99. The van der Waals surface area contributed by atoms with Gasteiger partial charge in [0, 0.05) is 19.7 Å². The summed E-state index contributed by atoms with van der Waals surface area (Å²) < 4.78 is 5.44. The van der Waals surface area contributed by atoms with E-state index in [2.05, 4.69) is 6.92 Å². The summed E-state index contributed by atoms with van der Waals surface area (Å²) in [5, 5.41) is 0. The molecule has 16 heavy (non-hydrogen) atoms. The van der Waals surface area contributed by atoms with E-state index in [1.807, 2.05) is 18.7 Å². The van der Waals surface area contributed by atoms with Crippen LogP contribution in [0.15, 0.2) is 0 Å². The molecule has 0 atom stereocenters. The maximum Gasteiger partial charge on any atom is 0.224 e. The Hall–Kier alpha value is -0.570. The molecule has 0 aromatic rings. The lowest BCUT2D eigenvalue weighted by Crippen LogP contribution is -2.31. The minimum atomic E-state index is 0.207. The number of carbonyl (C=O) groups excluding carboxylic acids is 1. The average Bonchev–Trinajstić information content (AvgIpc) is 2.29. The van der Waals surface area contributed by atoms with Gasteiger partial charge in [0.05, 0.1) is 13.0 Å². The van der Waals surface area contributed by atoms with Crippen LogP contribution in [0.2, 0.25) is 0 Å². The third-order valence-corrected chi connectivity index (χ3v) is 2.72. The molecule has 0 rings (SSSR count). The van der Waals surface area contributed by atoms with Gasteiger partial charge in [0.2, 0.25) is 5.91 Å². The van der Waals surface area contributed by atoms with Crippen molar-refractivity contribution >= 4 is 5.91 Å². The largest absolute Gasteiger partial charge is 0.381 e. The Balaban J connectivity index is 3.33. The van der Waals surface area contributed by atoms with Crippen LogP contribution < -0.4 is 0 Å². The Morgan fingerprint density at radius 3 is 2.25 bits per heavy atom. The molecule has 0 heterocycles. The van der Waals surface area contributed by atoms with Crippen LogP contribution in [0.25, 0.3) is 0 Å². The van der Waals surface area contributed by atoms with Gasteiger partial charge in [-0.3, -0.25) is 4.79 Å². The summed E-state index contributed by atoms with van der Waals surface area (Å²) in [7, 11) is 0. The Morgan fingerprint density at radius 2 is 1.69 bits per heavy atom. The molecule has 0 aliphatic rings. The van der Waals surface area contributed by atoms with Crippen LogP contribution in [-0.2, 0) is 9.53 Å². The number of unbranched alkanes of at least 4 members (excludes halogenated alkanes) is 3. The van der Waals surface area contributed by atoms with Crippen molar-refractivity contribution in [2.45, 2.75) is 52.9 Å². The number of amides is 1. The number of hydrogen-bond donors (Lipinski definition) is 0. The molecule has 0 aromatic carbocycles. The summed E-state index contributed by atoms with van der Waals surface area (Å²) in [5.41, 5.74) is 0. The summed E-state index contributed by atoms with van der Waals surface area (Å²) in [4.78, 5) is 13.4. The first-order valence-corrected chi connectivity index (χ1v) is 6.61. The Morgan fingerprint density at radius 1 is 1.00 bits per heavy atom. The summed E-state index contributed by atoms with van der Waals surface area (Å²) in [5.74, 6) is 0.207. The van der Waals surface area contributed by atoms with E-state index < -0.39 is 0 Å². The lowest BCUT2D eigenvalue weighted by Gasteiger charge is -2.18. The standard InChI is InChI=1S/C13H27NO2/c1-4-7-8-9-11-16-12-10-13(15)14(5-2)6-3/h4-12H2,1-3H3. The quantitative estimate of drug-likeness (QED) is 0.539. The monoisotopic (exact) mass is 229 g/mol. The topological polar surface area (TPSA) is 29.5 Å². The highest BCUT2D eigenvalue weighted by Crippen LogP contribution is 2.00. The number of nitrogens with zero attached hydrogens (tertiary/aromatic N) is 1. The normalized spacial score (nSPS) is 10.4. The van der Waals surface area contributed by atoms with E-state index in [0.29, 0.717) is 13.0 Å². The molecule has 1 amide bonds. The van der Waals surface area contributed by atoms with Crippen LogP contribution in [0.3, 0.4) is 0 Å². The van der Waals surface area contributed by atoms with Crippen LogP contribution >= 0.6 is 0 Å². The SMILES string of the molecule is CCCCCCOCCC(=O)N(CC)CC. The van der Waals surface area contributed by atoms with Crippen LogP contribution in [0.5, 0.6) is 0 Å². The van der Waals surface area contributed by atoms with Crippen molar-refractivity contribution in [2.75, 3.05) is 26.3 Å². The lowest BCUT2D eigenvalue weighted by atomic mass is 10.2. The Kier molecular flexibility index (Phi) is 10.5. The van der Waals surface area contributed by atoms with Gasteiger partial charge in [-0.15, -0.1) is 0 Å². The molecule has 0 radical (unpaired) electrons. The van der Waals surface area contributed by atoms with E-state index in [0.717, 1.165) is 26.1 Å².